The van der Waals surface area contributed by atoms with Gasteiger partial charge < -0.3 is 20.5 Å². The number of nitriles is 2. The summed E-state index contributed by atoms with van der Waals surface area (Å²) in [5.74, 6) is 0.859. The van der Waals surface area contributed by atoms with Crippen LogP contribution in [-0.4, -0.2) is 28.3 Å². The van der Waals surface area contributed by atoms with Crippen LogP contribution in [0.4, 0.5) is 0 Å². The third kappa shape index (κ3) is 4.07. The predicted molar refractivity (Wildman–Crippen MR) is 98.3 cm³/mol. The highest BCUT2D eigenvalue weighted by Crippen LogP contribution is 2.40. The van der Waals surface area contributed by atoms with E-state index in [1.165, 1.54) is 0 Å². The lowest BCUT2D eigenvalue weighted by molar-refractivity contribution is -0.0612. The van der Waals surface area contributed by atoms with E-state index in [4.69, 9.17) is 10.00 Å². The molecule has 1 heterocycles. The van der Waals surface area contributed by atoms with E-state index in [0.29, 0.717) is 16.9 Å². The van der Waals surface area contributed by atoms with Crippen molar-refractivity contribution in [3.05, 3.63) is 29.3 Å². The highest BCUT2D eigenvalue weighted by molar-refractivity contribution is 5.82. The molecule has 2 atom stereocenters. The molecule has 0 unspecified atom stereocenters. The van der Waals surface area contributed by atoms with Gasteiger partial charge in [-0.1, -0.05) is 6.92 Å². The molecule has 2 rings (SSSR count). The summed E-state index contributed by atoms with van der Waals surface area (Å²) in [6, 6.07) is 6.58. The van der Waals surface area contributed by atoms with Crippen molar-refractivity contribution in [2.24, 2.45) is 4.99 Å². The topological polar surface area (TPSA) is 113 Å². The number of hydrogen-bond acceptors (Lipinski definition) is 5. The molecule has 1 aromatic carbocycles. The predicted octanol–water partition coefficient (Wildman–Crippen LogP) is 2.34. The number of benzene rings is 1. The summed E-state index contributed by atoms with van der Waals surface area (Å²) in [7, 11) is 0. The maximum absolute atomic E-state index is 10.8. The number of nitrogens with one attached hydrogen (secondary N) is 2. The van der Waals surface area contributed by atoms with Crippen molar-refractivity contribution in [1.82, 2.24) is 10.6 Å². The van der Waals surface area contributed by atoms with Crippen molar-refractivity contribution in [2.75, 3.05) is 0 Å². The summed E-state index contributed by atoms with van der Waals surface area (Å²) in [6.45, 7) is 9.59. The van der Waals surface area contributed by atoms with Crippen molar-refractivity contribution in [3.63, 3.8) is 0 Å². The molecule has 0 bridgehead atoms. The standard InChI is InChI=1S/C19H25N5O2/c1-6-18(2,3)24-17(22-11-21)23-15-13-9-12(10-20)7-8-14(13)26-19(4,5)16(15)25/h7-9,15-16,25H,6H2,1-5H3,(H2,22,23,24)/t15-,16+/m1/s1. The molecule has 0 spiro atoms. The molecular formula is C19H25N5O2. The molecule has 0 fully saturated rings. The molecule has 3 N–H and O–H groups in total. The monoisotopic (exact) mass is 355 g/mol. The number of aliphatic imine (C=N–C) groups is 1. The van der Waals surface area contributed by atoms with Crippen molar-refractivity contribution in [1.29, 1.82) is 10.5 Å². The summed E-state index contributed by atoms with van der Waals surface area (Å²) in [5.41, 5.74) is -0.0213. The Morgan fingerprint density at radius 1 is 1.38 bits per heavy atom. The molecule has 0 amide bonds. The Labute approximate surface area is 154 Å². The van der Waals surface area contributed by atoms with Crippen LogP contribution < -0.4 is 15.4 Å². The molecule has 1 aliphatic heterocycles. The Morgan fingerprint density at radius 3 is 2.65 bits per heavy atom. The number of aliphatic hydroxyl groups is 1. The quantitative estimate of drug-likeness (QED) is 0.436. The van der Waals surface area contributed by atoms with Gasteiger partial charge in [0.25, 0.3) is 0 Å². The van der Waals surface area contributed by atoms with Gasteiger partial charge in [0.05, 0.1) is 17.7 Å². The first-order valence-electron chi connectivity index (χ1n) is 8.56. The number of rotatable bonds is 3. The normalized spacial score (nSPS) is 21.6. The Kier molecular flexibility index (Phi) is 5.44. The van der Waals surface area contributed by atoms with Gasteiger partial charge in [-0.3, -0.25) is 0 Å². The zero-order valence-electron chi connectivity index (χ0n) is 15.8. The van der Waals surface area contributed by atoms with E-state index < -0.39 is 17.7 Å². The van der Waals surface area contributed by atoms with Crippen molar-refractivity contribution < 1.29 is 9.84 Å². The molecule has 0 radical (unpaired) electrons. The highest BCUT2D eigenvalue weighted by Gasteiger charge is 2.43. The third-order valence-electron chi connectivity index (χ3n) is 4.67. The summed E-state index contributed by atoms with van der Waals surface area (Å²) >= 11 is 0. The van der Waals surface area contributed by atoms with Gasteiger partial charge in [-0.05, 0) is 52.3 Å². The number of fused-ring (bicyclic) bond motifs is 1. The van der Waals surface area contributed by atoms with E-state index in [1.807, 2.05) is 20.8 Å². The first-order chi connectivity index (χ1) is 12.1. The maximum atomic E-state index is 10.8. The number of guanidine groups is 1. The summed E-state index contributed by atoms with van der Waals surface area (Å²) < 4.78 is 5.90. The molecular weight excluding hydrogens is 330 g/mol. The van der Waals surface area contributed by atoms with Crippen LogP contribution in [0.25, 0.3) is 0 Å². The summed E-state index contributed by atoms with van der Waals surface area (Å²) in [6.07, 6.45) is 1.68. The van der Waals surface area contributed by atoms with Gasteiger partial charge in [0.2, 0.25) is 12.2 Å². The Morgan fingerprint density at radius 2 is 2.08 bits per heavy atom. The molecule has 138 valence electrons. The molecule has 0 aromatic heterocycles. The molecule has 26 heavy (non-hydrogen) atoms. The smallest absolute Gasteiger partial charge is 0.209 e. The molecule has 7 heteroatoms. The maximum Gasteiger partial charge on any atom is 0.209 e. The van der Waals surface area contributed by atoms with E-state index in [2.05, 4.69) is 21.7 Å². The summed E-state index contributed by atoms with van der Waals surface area (Å²) in [5, 5.41) is 35.4. The van der Waals surface area contributed by atoms with Crippen molar-refractivity contribution >= 4 is 5.96 Å². The fraction of sp³-hybridized carbons (Fsp3) is 0.526. The zero-order chi connectivity index (χ0) is 19.5. The lowest BCUT2D eigenvalue weighted by Gasteiger charge is -2.43. The average Bonchev–Trinajstić information content (AvgIpc) is 2.58. The first kappa shape index (κ1) is 19.6. The van der Waals surface area contributed by atoms with Gasteiger partial charge in [0.15, 0.2) is 0 Å². The van der Waals surface area contributed by atoms with Gasteiger partial charge in [-0.2, -0.15) is 10.5 Å². The van der Waals surface area contributed by atoms with Crippen LogP contribution in [0.3, 0.4) is 0 Å². The van der Waals surface area contributed by atoms with Crippen LogP contribution in [0.5, 0.6) is 5.75 Å². The van der Waals surface area contributed by atoms with Crippen LogP contribution in [-0.2, 0) is 0 Å². The van der Waals surface area contributed by atoms with Gasteiger partial charge in [0, 0.05) is 11.1 Å². The van der Waals surface area contributed by atoms with E-state index >= 15 is 0 Å². The second kappa shape index (κ2) is 7.23. The van der Waals surface area contributed by atoms with Crippen LogP contribution >= 0.6 is 0 Å². The van der Waals surface area contributed by atoms with Crippen LogP contribution in [0.2, 0.25) is 0 Å². The molecule has 1 aromatic rings. The lowest BCUT2D eigenvalue weighted by atomic mass is 9.86. The third-order valence-corrected chi connectivity index (χ3v) is 4.67. The molecule has 1 aliphatic rings. The number of ether oxygens (including phenoxy) is 1. The largest absolute Gasteiger partial charge is 0.485 e. The fourth-order valence-corrected chi connectivity index (χ4v) is 2.73. The van der Waals surface area contributed by atoms with Crippen molar-refractivity contribution in [3.8, 4) is 18.0 Å². The first-order valence-corrected chi connectivity index (χ1v) is 8.56. The van der Waals surface area contributed by atoms with E-state index in [1.54, 1.807) is 38.2 Å². The minimum absolute atomic E-state index is 0.273. The summed E-state index contributed by atoms with van der Waals surface area (Å²) in [4.78, 5) is 3.83. The van der Waals surface area contributed by atoms with Crippen molar-refractivity contribution in [2.45, 2.75) is 64.3 Å². The van der Waals surface area contributed by atoms with Crippen LogP contribution in [0.15, 0.2) is 23.2 Å². The lowest BCUT2D eigenvalue weighted by Crippen LogP contribution is -2.57. The van der Waals surface area contributed by atoms with Gasteiger partial charge in [0.1, 0.15) is 17.5 Å². The average molecular weight is 355 g/mol. The Hall–Kier alpha value is -2.77. The highest BCUT2D eigenvalue weighted by atomic mass is 16.5. The van der Waals surface area contributed by atoms with Gasteiger partial charge in [-0.15, -0.1) is 4.99 Å². The fourth-order valence-electron chi connectivity index (χ4n) is 2.73. The molecule has 7 nitrogen and oxygen atoms in total. The van der Waals surface area contributed by atoms with E-state index in [-0.39, 0.29) is 11.5 Å². The SMILES string of the molecule is CCC(C)(C)N/C(=N/C#N)N[C@@H]1c2cc(C#N)ccc2OC(C)(C)[C@H]1O. The van der Waals surface area contributed by atoms with Crippen LogP contribution in [0, 0.1) is 22.8 Å². The molecule has 0 aliphatic carbocycles. The molecule has 0 saturated heterocycles. The second-order valence-corrected chi connectivity index (χ2v) is 7.56. The minimum Gasteiger partial charge on any atom is -0.485 e. The molecule has 0 saturated carbocycles. The van der Waals surface area contributed by atoms with E-state index in [0.717, 1.165) is 6.42 Å². The van der Waals surface area contributed by atoms with Crippen LogP contribution in [0.1, 0.15) is 58.2 Å². The van der Waals surface area contributed by atoms with Gasteiger partial charge in [-0.25, -0.2) is 0 Å². The number of hydrogen-bond donors (Lipinski definition) is 3. The second-order valence-electron chi connectivity index (χ2n) is 7.56. The zero-order valence-corrected chi connectivity index (χ0v) is 15.8. The minimum atomic E-state index is -0.917. The Bertz CT molecular complexity index is 786. The Balaban J connectivity index is 2.44. The number of aliphatic hydroxyl groups excluding tert-OH is 1. The number of nitrogens with zero attached hydrogens (tertiary/aromatic N) is 3. The van der Waals surface area contributed by atoms with Gasteiger partial charge >= 0.3 is 0 Å². The van der Waals surface area contributed by atoms with E-state index in [9.17, 15) is 10.4 Å².